The fraction of sp³-hybridized carbons (Fsp3) is 0.375. The second kappa shape index (κ2) is 6.04. The molecule has 0 heterocycles. The number of hydrogen-bond acceptors (Lipinski definition) is 0. The van der Waals surface area contributed by atoms with Crippen LogP contribution in [0.3, 0.4) is 0 Å². The van der Waals surface area contributed by atoms with Crippen LogP contribution < -0.4 is 0 Å². The predicted octanol–water partition coefficient (Wildman–Crippen LogP) is 3.35. The van der Waals surface area contributed by atoms with Crippen LogP contribution in [0.1, 0.15) is 36.8 Å². The van der Waals surface area contributed by atoms with Gasteiger partial charge < -0.3 is 0 Å². The topological polar surface area (TPSA) is 0 Å². The van der Waals surface area contributed by atoms with Gasteiger partial charge in [-0.15, -0.1) is 0 Å². The lowest BCUT2D eigenvalue weighted by Crippen LogP contribution is -1.89. The van der Waals surface area contributed by atoms with Gasteiger partial charge in [-0.2, -0.15) is 0 Å². The number of aryl methyl sites for hydroxylation is 2. The zero-order valence-electron chi connectivity index (χ0n) is 9.55. The average Bonchev–Trinajstić information content (AvgIpc) is 2.33. The van der Waals surface area contributed by atoms with Gasteiger partial charge in [0.25, 0.3) is 0 Å². The fourth-order valence-electron chi connectivity index (χ4n) is 1.85. The molecule has 80 valence electrons. The normalized spacial score (nSPS) is 15.2. The molecule has 0 unspecified atom stereocenters. The van der Waals surface area contributed by atoms with E-state index in [1.165, 1.54) is 11.1 Å². The first-order chi connectivity index (χ1) is 7.95. The van der Waals surface area contributed by atoms with Crippen molar-refractivity contribution >= 4 is 0 Å². The molecule has 0 N–H and O–H groups in total. The van der Waals surface area contributed by atoms with E-state index in [-0.39, 0.29) is 0 Å². The lowest BCUT2D eigenvalue weighted by atomic mass is 10.0. The molecule has 3 rings (SSSR count). The summed E-state index contributed by atoms with van der Waals surface area (Å²) in [5.74, 6) is 12.1. The van der Waals surface area contributed by atoms with Crippen molar-refractivity contribution in [3.05, 3.63) is 35.4 Å². The fourth-order valence-corrected chi connectivity index (χ4v) is 1.85. The van der Waals surface area contributed by atoms with Crippen LogP contribution in [0.25, 0.3) is 0 Å². The molecule has 2 aliphatic rings. The van der Waals surface area contributed by atoms with Crippen molar-refractivity contribution in [2.24, 2.45) is 0 Å². The lowest BCUT2D eigenvalue weighted by molar-refractivity contribution is 0.844. The highest BCUT2D eigenvalue weighted by molar-refractivity contribution is 5.27. The van der Waals surface area contributed by atoms with Crippen LogP contribution in [0, 0.1) is 23.7 Å². The number of rotatable bonds is 0. The Bertz CT molecular complexity index is 398. The second-order valence-corrected chi connectivity index (χ2v) is 4.13. The van der Waals surface area contributed by atoms with Gasteiger partial charge in [-0.25, -0.2) is 0 Å². The molecule has 2 aliphatic carbocycles. The van der Waals surface area contributed by atoms with Crippen LogP contribution in [0.15, 0.2) is 24.3 Å². The largest absolute Gasteiger partial charge is 0.0891 e. The van der Waals surface area contributed by atoms with Crippen molar-refractivity contribution in [1.29, 1.82) is 0 Å². The zero-order chi connectivity index (χ0) is 11.1. The van der Waals surface area contributed by atoms with Crippen LogP contribution in [-0.2, 0) is 12.8 Å². The van der Waals surface area contributed by atoms with E-state index in [2.05, 4.69) is 47.9 Å². The van der Waals surface area contributed by atoms with Crippen molar-refractivity contribution in [3.63, 3.8) is 0 Å². The maximum atomic E-state index is 3.11. The zero-order valence-corrected chi connectivity index (χ0v) is 9.55. The van der Waals surface area contributed by atoms with Crippen LogP contribution in [0.5, 0.6) is 0 Å². The molecule has 0 atom stereocenters. The average molecular weight is 208 g/mol. The molecule has 16 heavy (non-hydrogen) atoms. The molecular weight excluding hydrogens is 192 g/mol. The van der Waals surface area contributed by atoms with Gasteiger partial charge in [0, 0.05) is 12.8 Å². The summed E-state index contributed by atoms with van der Waals surface area (Å²) in [5.41, 5.74) is 2.85. The Balaban J connectivity index is 2.08. The molecule has 0 radical (unpaired) electrons. The maximum absolute atomic E-state index is 3.11. The Kier molecular flexibility index (Phi) is 4.09. The third kappa shape index (κ3) is 3.48. The van der Waals surface area contributed by atoms with E-state index in [0.717, 1.165) is 38.5 Å². The van der Waals surface area contributed by atoms with Gasteiger partial charge in [0.05, 0.1) is 0 Å². The molecule has 0 amide bonds. The molecule has 0 saturated heterocycles. The third-order valence-corrected chi connectivity index (χ3v) is 2.80. The van der Waals surface area contributed by atoms with Crippen molar-refractivity contribution < 1.29 is 0 Å². The molecule has 1 aromatic carbocycles. The molecule has 0 aliphatic heterocycles. The van der Waals surface area contributed by atoms with E-state index in [1.54, 1.807) is 0 Å². The van der Waals surface area contributed by atoms with Crippen LogP contribution >= 0.6 is 0 Å². The number of benzene rings is 1. The molecule has 0 nitrogen and oxygen atoms in total. The lowest BCUT2D eigenvalue weighted by Gasteiger charge is -2.03. The van der Waals surface area contributed by atoms with Crippen LogP contribution in [0.4, 0.5) is 0 Å². The predicted molar refractivity (Wildman–Crippen MR) is 67.9 cm³/mol. The minimum Gasteiger partial charge on any atom is -0.0891 e. The quantitative estimate of drug-likeness (QED) is 0.573. The highest BCUT2D eigenvalue weighted by Gasteiger charge is 1.95. The summed E-state index contributed by atoms with van der Waals surface area (Å²) in [6.07, 6.45) is 6.43. The molecule has 1 aromatic rings. The Labute approximate surface area is 98.1 Å². The molecule has 0 heteroatoms. The van der Waals surface area contributed by atoms with E-state index >= 15 is 0 Å². The molecule has 0 fully saturated rings. The molecular formula is C16H16. The monoisotopic (exact) mass is 208 g/mol. The van der Waals surface area contributed by atoms with Gasteiger partial charge in [-0.1, -0.05) is 36.1 Å². The standard InChI is InChI=1S/C16H16/c1-2-4-6-8-10-16-13-11-15(12-14-16)9-7-5-3-1/h11-14H,5-10H2. The summed E-state index contributed by atoms with van der Waals surface area (Å²) < 4.78 is 0. The SMILES string of the molecule is C1#CCCCc2ccc(cc2)CCCC#C1. The number of fused-ring (bicyclic) bond motifs is 9. The minimum atomic E-state index is 0.955. The summed E-state index contributed by atoms with van der Waals surface area (Å²) in [5, 5.41) is 0. The summed E-state index contributed by atoms with van der Waals surface area (Å²) in [4.78, 5) is 0. The van der Waals surface area contributed by atoms with Crippen molar-refractivity contribution in [2.75, 3.05) is 0 Å². The van der Waals surface area contributed by atoms with Crippen molar-refractivity contribution in [1.82, 2.24) is 0 Å². The van der Waals surface area contributed by atoms with Gasteiger partial charge >= 0.3 is 0 Å². The van der Waals surface area contributed by atoms with E-state index in [9.17, 15) is 0 Å². The Morgan fingerprint density at radius 1 is 0.688 bits per heavy atom. The van der Waals surface area contributed by atoms with E-state index in [0.29, 0.717) is 0 Å². The molecule has 2 bridgehead atoms. The summed E-state index contributed by atoms with van der Waals surface area (Å²) in [6.45, 7) is 0. The third-order valence-electron chi connectivity index (χ3n) is 2.80. The minimum absolute atomic E-state index is 0.955. The van der Waals surface area contributed by atoms with Gasteiger partial charge in [-0.05, 0) is 48.7 Å². The summed E-state index contributed by atoms with van der Waals surface area (Å²) >= 11 is 0. The Hall–Kier alpha value is -1.66. The highest BCUT2D eigenvalue weighted by Crippen LogP contribution is 2.10. The summed E-state index contributed by atoms with van der Waals surface area (Å²) in [6, 6.07) is 9.00. The first kappa shape index (κ1) is 10.8. The van der Waals surface area contributed by atoms with Crippen LogP contribution in [0.2, 0.25) is 0 Å². The smallest absolute Gasteiger partial charge is 0.0102 e. The molecule has 0 aromatic heterocycles. The van der Waals surface area contributed by atoms with Gasteiger partial charge in [0.2, 0.25) is 0 Å². The first-order valence-corrected chi connectivity index (χ1v) is 5.99. The van der Waals surface area contributed by atoms with Gasteiger partial charge in [-0.3, -0.25) is 0 Å². The van der Waals surface area contributed by atoms with E-state index in [1.807, 2.05) is 0 Å². The molecule has 0 saturated carbocycles. The van der Waals surface area contributed by atoms with Gasteiger partial charge in [0.15, 0.2) is 0 Å². The molecule has 0 spiro atoms. The van der Waals surface area contributed by atoms with Crippen LogP contribution in [-0.4, -0.2) is 0 Å². The van der Waals surface area contributed by atoms with Crippen molar-refractivity contribution in [2.45, 2.75) is 38.5 Å². The highest BCUT2D eigenvalue weighted by atomic mass is 14.0. The summed E-state index contributed by atoms with van der Waals surface area (Å²) in [7, 11) is 0. The first-order valence-electron chi connectivity index (χ1n) is 5.99. The maximum Gasteiger partial charge on any atom is 0.0102 e. The Morgan fingerprint density at radius 3 is 1.56 bits per heavy atom. The second-order valence-electron chi connectivity index (χ2n) is 4.13. The number of hydrogen-bond donors (Lipinski definition) is 0. The van der Waals surface area contributed by atoms with E-state index < -0.39 is 0 Å². The van der Waals surface area contributed by atoms with Gasteiger partial charge in [0.1, 0.15) is 0 Å². The van der Waals surface area contributed by atoms with Crippen molar-refractivity contribution in [3.8, 4) is 23.7 Å². The Morgan fingerprint density at radius 2 is 1.12 bits per heavy atom. The van der Waals surface area contributed by atoms with E-state index in [4.69, 9.17) is 0 Å².